The van der Waals surface area contributed by atoms with E-state index in [1.54, 1.807) is 37.3 Å². The van der Waals surface area contributed by atoms with E-state index in [1.807, 2.05) is 13.8 Å². The van der Waals surface area contributed by atoms with Gasteiger partial charge in [0, 0.05) is 28.4 Å². The molecule has 0 saturated heterocycles. The van der Waals surface area contributed by atoms with Crippen LogP contribution in [0.15, 0.2) is 42.5 Å². The predicted octanol–water partition coefficient (Wildman–Crippen LogP) is 5.31. The normalized spacial score (nSPS) is 12.0. The summed E-state index contributed by atoms with van der Waals surface area (Å²) in [4.78, 5) is 27.0. The van der Waals surface area contributed by atoms with Gasteiger partial charge in [-0.2, -0.15) is 0 Å². The Morgan fingerprint density at radius 3 is 2.23 bits per heavy atom. The number of carbonyl (C=O) groups excluding carboxylic acids is 2. The molecule has 1 N–H and O–H groups in total. The molecule has 30 heavy (non-hydrogen) atoms. The van der Waals surface area contributed by atoms with Crippen LogP contribution in [0.5, 0.6) is 0 Å². The molecule has 8 heteroatoms. The lowest BCUT2D eigenvalue weighted by molar-refractivity contribution is -0.138. The summed E-state index contributed by atoms with van der Waals surface area (Å²) in [5, 5.41) is 3.94. The molecule has 0 radical (unpaired) electrons. The van der Waals surface area contributed by atoms with E-state index in [0.717, 1.165) is 11.1 Å². The van der Waals surface area contributed by atoms with E-state index < -0.39 is 6.04 Å². The summed E-state index contributed by atoms with van der Waals surface area (Å²) in [5.74, 6) is -0.156. The van der Waals surface area contributed by atoms with Crippen molar-refractivity contribution in [2.24, 2.45) is 0 Å². The fraction of sp³-hybridized carbons (Fsp3) is 0.364. The first kappa shape index (κ1) is 24.5. The van der Waals surface area contributed by atoms with Crippen molar-refractivity contribution in [1.82, 2.24) is 10.2 Å². The molecule has 2 amide bonds. The van der Waals surface area contributed by atoms with Gasteiger partial charge in [-0.15, -0.1) is 11.8 Å². The Balaban J connectivity index is 2.10. The van der Waals surface area contributed by atoms with Crippen LogP contribution in [-0.2, 0) is 21.9 Å². The maximum atomic E-state index is 13.2. The summed E-state index contributed by atoms with van der Waals surface area (Å²) in [7, 11) is 0. The average molecular weight is 471 g/mol. The van der Waals surface area contributed by atoms with Crippen molar-refractivity contribution in [2.75, 3.05) is 5.75 Å². The van der Waals surface area contributed by atoms with Crippen LogP contribution in [0, 0.1) is 5.82 Å². The second-order valence-electron chi connectivity index (χ2n) is 7.18. The SMILES string of the molecule is CC(C)NC(=O)C(C)N(Cc1ccc(F)cc1)C(=O)CSCc1c(Cl)cccc1Cl. The number of halogens is 3. The molecule has 0 saturated carbocycles. The minimum absolute atomic E-state index is 0.0422. The van der Waals surface area contributed by atoms with Crippen molar-refractivity contribution in [3.8, 4) is 0 Å². The summed E-state index contributed by atoms with van der Waals surface area (Å²) in [6, 6.07) is 10.5. The molecule has 2 aromatic rings. The number of hydrogen-bond acceptors (Lipinski definition) is 3. The van der Waals surface area contributed by atoms with Crippen molar-refractivity contribution < 1.29 is 14.0 Å². The summed E-state index contributed by atoms with van der Waals surface area (Å²) < 4.78 is 13.2. The third-order valence-electron chi connectivity index (χ3n) is 4.40. The quantitative estimate of drug-likeness (QED) is 0.540. The van der Waals surface area contributed by atoms with E-state index in [0.29, 0.717) is 15.8 Å². The van der Waals surface area contributed by atoms with Crippen LogP contribution in [0.3, 0.4) is 0 Å². The summed E-state index contributed by atoms with van der Waals surface area (Å²) in [6.07, 6.45) is 0. The number of rotatable bonds is 9. The number of amides is 2. The van der Waals surface area contributed by atoms with Gasteiger partial charge >= 0.3 is 0 Å². The van der Waals surface area contributed by atoms with Gasteiger partial charge < -0.3 is 10.2 Å². The van der Waals surface area contributed by atoms with Crippen LogP contribution in [-0.4, -0.2) is 34.6 Å². The Morgan fingerprint density at radius 1 is 1.07 bits per heavy atom. The predicted molar refractivity (Wildman–Crippen MR) is 122 cm³/mol. The number of nitrogens with zero attached hydrogens (tertiary/aromatic N) is 1. The highest BCUT2D eigenvalue weighted by molar-refractivity contribution is 7.99. The number of nitrogens with one attached hydrogen (secondary N) is 1. The summed E-state index contributed by atoms with van der Waals surface area (Å²) in [5.41, 5.74) is 1.52. The summed E-state index contributed by atoms with van der Waals surface area (Å²) in [6.45, 7) is 5.62. The van der Waals surface area contributed by atoms with E-state index in [4.69, 9.17) is 23.2 Å². The van der Waals surface area contributed by atoms with Gasteiger partial charge in [0.25, 0.3) is 0 Å². The van der Waals surface area contributed by atoms with Gasteiger partial charge in [0.2, 0.25) is 11.8 Å². The molecular weight excluding hydrogens is 446 g/mol. The maximum absolute atomic E-state index is 13.2. The van der Waals surface area contributed by atoms with E-state index >= 15 is 0 Å². The highest BCUT2D eigenvalue weighted by Gasteiger charge is 2.26. The molecule has 0 aliphatic carbocycles. The minimum atomic E-state index is -0.672. The van der Waals surface area contributed by atoms with Crippen LogP contribution in [0.25, 0.3) is 0 Å². The second kappa shape index (κ2) is 11.6. The van der Waals surface area contributed by atoms with Crippen molar-refractivity contribution in [3.63, 3.8) is 0 Å². The molecule has 0 aliphatic heterocycles. The third kappa shape index (κ3) is 7.18. The number of benzene rings is 2. The maximum Gasteiger partial charge on any atom is 0.242 e. The Morgan fingerprint density at radius 2 is 1.67 bits per heavy atom. The zero-order chi connectivity index (χ0) is 22.3. The Bertz CT molecular complexity index is 858. The van der Waals surface area contributed by atoms with Gasteiger partial charge in [0.1, 0.15) is 11.9 Å². The highest BCUT2D eigenvalue weighted by atomic mass is 35.5. The van der Waals surface area contributed by atoms with Crippen LogP contribution in [0.2, 0.25) is 10.0 Å². The number of carbonyl (C=O) groups is 2. The van der Waals surface area contributed by atoms with E-state index in [1.165, 1.54) is 28.8 Å². The molecule has 2 aromatic carbocycles. The van der Waals surface area contributed by atoms with E-state index in [9.17, 15) is 14.0 Å². The first-order valence-corrected chi connectivity index (χ1v) is 11.4. The standard InChI is InChI=1S/C22H25Cl2FN2O2S/c1-14(2)26-22(29)15(3)27(11-16-7-9-17(25)10-8-16)21(28)13-30-12-18-19(23)5-4-6-20(18)24/h4-10,14-15H,11-13H2,1-3H3,(H,26,29). The van der Waals surface area contributed by atoms with Gasteiger partial charge in [0.15, 0.2) is 0 Å². The smallest absolute Gasteiger partial charge is 0.242 e. The van der Waals surface area contributed by atoms with Crippen LogP contribution < -0.4 is 5.32 Å². The zero-order valence-electron chi connectivity index (χ0n) is 17.1. The van der Waals surface area contributed by atoms with E-state index in [2.05, 4.69) is 5.32 Å². The first-order chi connectivity index (χ1) is 14.2. The molecule has 0 fully saturated rings. The van der Waals surface area contributed by atoms with Gasteiger partial charge in [-0.25, -0.2) is 4.39 Å². The number of thioether (sulfide) groups is 1. The first-order valence-electron chi connectivity index (χ1n) is 9.54. The van der Waals surface area contributed by atoms with Gasteiger partial charge in [-0.3, -0.25) is 9.59 Å². The molecule has 0 aromatic heterocycles. The Labute approximate surface area is 191 Å². The van der Waals surface area contributed by atoms with Crippen LogP contribution in [0.1, 0.15) is 31.9 Å². The monoisotopic (exact) mass is 470 g/mol. The largest absolute Gasteiger partial charge is 0.352 e. The molecule has 0 aliphatic rings. The van der Waals surface area contributed by atoms with E-state index in [-0.39, 0.29) is 36.0 Å². The molecule has 0 heterocycles. The molecule has 1 unspecified atom stereocenters. The fourth-order valence-corrected chi connectivity index (χ4v) is 4.41. The number of hydrogen-bond donors (Lipinski definition) is 1. The van der Waals surface area contributed by atoms with Crippen molar-refractivity contribution in [3.05, 3.63) is 69.5 Å². The Hall–Kier alpha value is -1.76. The van der Waals surface area contributed by atoms with Gasteiger partial charge in [-0.05, 0) is 56.2 Å². The molecule has 1 atom stereocenters. The second-order valence-corrected chi connectivity index (χ2v) is 8.98. The van der Waals surface area contributed by atoms with Gasteiger partial charge in [0.05, 0.1) is 5.75 Å². The fourth-order valence-electron chi connectivity index (χ4n) is 2.77. The summed E-state index contributed by atoms with van der Waals surface area (Å²) >= 11 is 13.8. The minimum Gasteiger partial charge on any atom is -0.352 e. The lowest BCUT2D eigenvalue weighted by Crippen LogP contribution is -2.49. The molecule has 2 rings (SSSR count). The van der Waals surface area contributed by atoms with Gasteiger partial charge in [-0.1, -0.05) is 41.4 Å². The van der Waals surface area contributed by atoms with Crippen molar-refractivity contribution in [2.45, 2.75) is 45.2 Å². The third-order valence-corrected chi connectivity index (χ3v) is 6.05. The molecular formula is C22H25Cl2FN2O2S. The molecule has 0 bridgehead atoms. The lowest BCUT2D eigenvalue weighted by Gasteiger charge is -2.29. The molecule has 162 valence electrons. The lowest BCUT2D eigenvalue weighted by atomic mass is 10.1. The topological polar surface area (TPSA) is 49.4 Å². The Kier molecular flexibility index (Phi) is 9.46. The molecule has 0 spiro atoms. The average Bonchev–Trinajstić information content (AvgIpc) is 2.68. The van der Waals surface area contributed by atoms with Crippen molar-refractivity contribution in [1.29, 1.82) is 0 Å². The van der Waals surface area contributed by atoms with Crippen molar-refractivity contribution >= 4 is 46.8 Å². The van der Waals surface area contributed by atoms with Crippen LogP contribution >= 0.6 is 35.0 Å². The van der Waals surface area contributed by atoms with Crippen LogP contribution in [0.4, 0.5) is 4.39 Å². The molecule has 4 nitrogen and oxygen atoms in total. The zero-order valence-corrected chi connectivity index (χ0v) is 19.5. The highest BCUT2D eigenvalue weighted by Crippen LogP contribution is 2.28.